The quantitative estimate of drug-likeness (QED) is 0.123. The first-order valence-corrected chi connectivity index (χ1v) is 21.5. The predicted octanol–water partition coefficient (Wildman–Crippen LogP) is 11.6. The zero-order valence-corrected chi connectivity index (χ0v) is 33.2. The van der Waals surface area contributed by atoms with Crippen molar-refractivity contribution in [1.82, 2.24) is 14.5 Å². The summed E-state index contributed by atoms with van der Waals surface area (Å²) in [7, 11) is -1.69. The molecular weight excluding hydrogens is 831 g/mol. The second-order valence-corrected chi connectivity index (χ2v) is 19.5. The zero-order valence-electron chi connectivity index (χ0n) is 31.8. The molecule has 52 heavy (non-hydrogen) atoms. The van der Waals surface area contributed by atoms with Gasteiger partial charge in [-0.05, 0) is 58.9 Å². The molecule has 1 aliphatic carbocycles. The average Bonchev–Trinajstić information content (AvgIpc) is 3.77. The van der Waals surface area contributed by atoms with Gasteiger partial charge in [-0.25, -0.2) is 0 Å². The van der Waals surface area contributed by atoms with Crippen LogP contribution in [-0.4, -0.2) is 22.6 Å². The van der Waals surface area contributed by atoms with Crippen molar-refractivity contribution < 1.29 is 27.3 Å². The van der Waals surface area contributed by atoms with Crippen LogP contribution in [0.3, 0.4) is 0 Å². The number of para-hydroxylation sites is 4. The second-order valence-electron chi connectivity index (χ2n) is 14.4. The molecule has 6 heteroatoms. The fraction of sp³-hybridized carbons (Fsp3) is 0.217. The van der Waals surface area contributed by atoms with Gasteiger partial charge in [0, 0.05) is 34.7 Å². The van der Waals surface area contributed by atoms with Crippen LogP contribution in [0, 0.1) is 18.1 Å². The van der Waals surface area contributed by atoms with Crippen LogP contribution in [0.15, 0.2) is 132 Å². The number of rotatable bonds is 6. The molecule has 1 aliphatic rings. The molecular formula is C46H43IrN3OSi-2. The molecule has 1 saturated carbocycles. The second kappa shape index (κ2) is 15.6. The van der Waals surface area contributed by atoms with Crippen molar-refractivity contribution in [2.24, 2.45) is 5.92 Å². The summed E-state index contributed by atoms with van der Waals surface area (Å²) in [6.07, 6.45) is 6.18. The maximum absolute atomic E-state index is 8.99. The summed E-state index contributed by atoms with van der Waals surface area (Å²) in [5.74, 6) is 0.973. The molecule has 3 aromatic heterocycles. The summed E-state index contributed by atoms with van der Waals surface area (Å²) < 4.78 is 26.2. The summed E-state index contributed by atoms with van der Waals surface area (Å²) in [5, 5.41) is 3.33. The number of hydrogen-bond acceptors (Lipinski definition) is 3. The fourth-order valence-corrected chi connectivity index (χ4v) is 8.57. The Kier molecular flexibility index (Phi) is 9.94. The van der Waals surface area contributed by atoms with Crippen molar-refractivity contribution in [2.75, 3.05) is 0 Å². The molecule has 0 amide bonds. The molecule has 0 spiro atoms. The van der Waals surface area contributed by atoms with E-state index in [1.54, 1.807) is 0 Å². The van der Waals surface area contributed by atoms with Gasteiger partial charge in [0.25, 0.3) is 0 Å². The van der Waals surface area contributed by atoms with Gasteiger partial charge in [-0.1, -0.05) is 123 Å². The Morgan fingerprint density at radius 1 is 0.808 bits per heavy atom. The van der Waals surface area contributed by atoms with Crippen molar-refractivity contribution in [3.05, 3.63) is 145 Å². The van der Waals surface area contributed by atoms with Gasteiger partial charge in [0.15, 0.2) is 0 Å². The van der Waals surface area contributed by atoms with Gasteiger partial charge in [-0.15, -0.1) is 53.6 Å². The number of benzene rings is 5. The Hall–Kier alpha value is -4.61. The minimum atomic E-state index is -1.69. The van der Waals surface area contributed by atoms with Crippen LogP contribution in [0.4, 0.5) is 0 Å². The Balaban J connectivity index is 0.000000165. The van der Waals surface area contributed by atoms with Crippen molar-refractivity contribution >= 4 is 46.2 Å². The number of imidazole rings is 1. The number of nitrogens with zero attached hydrogens (tertiary/aromatic N) is 3. The summed E-state index contributed by atoms with van der Waals surface area (Å²) in [5.41, 5.74) is 8.29. The third-order valence-corrected chi connectivity index (χ3v) is 11.8. The van der Waals surface area contributed by atoms with Crippen LogP contribution in [0.25, 0.3) is 61.3 Å². The first-order valence-electron chi connectivity index (χ1n) is 19.0. The molecule has 5 aromatic carbocycles. The van der Waals surface area contributed by atoms with E-state index < -0.39 is 14.4 Å². The molecule has 9 rings (SSSR count). The number of aromatic nitrogens is 3. The van der Waals surface area contributed by atoms with Gasteiger partial charge in [0.05, 0.1) is 30.5 Å². The van der Waals surface area contributed by atoms with E-state index in [4.69, 9.17) is 12.1 Å². The van der Waals surface area contributed by atoms with Crippen LogP contribution in [-0.2, 0) is 26.5 Å². The average molecular weight is 876 g/mol. The normalized spacial score (nSPS) is 14.4. The molecule has 3 heterocycles. The van der Waals surface area contributed by atoms with E-state index in [0.717, 1.165) is 97.7 Å². The van der Waals surface area contributed by atoms with Crippen LogP contribution >= 0.6 is 0 Å². The Morgan fingerprint density at radius 3 is 2.35 bits per heavy atom. The Bertz CT molecular complexity index is 2520. The Labute approximate surface area is 324 Å². The van der Waals surface area contributed by atoms with E-state index in [1.165, 1.54) is 6.42 Å². The molecule has 4 nitrogen and oxygen atoms in total. The van der Waals surface area contributed by atoms with Gasteiger partial charge in [-0.3, -0.25) is 4.98 Å². The molecule has 1 fully saturated rings. The maximum atomic E-state index is 8.99. The van der Waals surface area contributed by atoms with Gasteiger partial charge in [0.1, 0.15) is 5.58 Å². The molecule has 0 aliphatic heterocycles. The molecule has 0 saturated heterocycles. The standard InChI is InChI=1S/C25H15N2O.C21H28NSi.Ir/c1-2-8-18(9-3-1)27-22-12-6-5-11-21(22)26-25(27)17-14-15-20-19-10-4-7-13-23(19)28-24(20)16-17;1-23(2,3)21-16-22-20(18-12-8-5-9-13-18)15-19(21)14-17-10-6-4-7-11-17;/h1-15H;5,8-9,12,15-17H,4,6-7,10-11,14H2,1-3H3;/q2*-1;/i;14D2;. The molecule has 0 N–H and O–H groups in total. The topological polar surface area (TPSA) is 43.9 Å². The van der Waals surface area contributed by atoms with Crippen molar-refractivity contribution in [3.63, 3.8) is 0 Å². The smallest absolute Gasteiger partial charge is 0.123 e. The van der Waals surface area contributed by atoms with Crippen LogP contribution < -0.4 is 5.19 Å². The van der Waals surface area contributed by atoms with E-state index in [-0.39, 0.29) is 26.0 Å². The van der Waals surface area contributed by atoms with Crippen molar-refractivity contribution in [3.8, 4) is 28.3 Å². The number of pyridine rings is 1. The van der Waals surface area contributed by atoms with Crippen molar-refractivity contribution in [1.29, 1.82) is 0 Å². The minimum Gasteiger partial charge on any atom is -0.477 e. The summed E-state index contributed by atoms with van der Waals surface area (Å²) in [4.78, 5) is 9.58. The Morgan fingerprint density at radius 2 is 1.56 bits per heavy atom. The fourth-order valence-electron chi connectivity index (χ4n) is 7.17. The van der Waals surface area contributed by atoms with Gasteiger partial charge in [-0.2, -0.15) is 0 Å². The molecule has 0 unspecified atom stereocenters. The van der Waals surface area contributed by atoms with E-state index >= 15 is 0 Å². The van der Waals surface area contributed by atoms with Gasteiger partial charge < -0.3 is 14.0 Å². The van der Waals surface area contributed by atoms with E-state index in [1.807, 2.05) is 91.1 Å². The number of furan rings is 1. The van der Waals surface area contributed by atoms with E-state index in [2.05, 4.69) is 77.7 Å². The number of fused-ring (bicyclic) bond motifs is 4. The first-order chi connectivity index (χ1) is 25.7. The van der Waals surface area contributed by atoms with E-state index in [9.17, 15) is 0 Å². The molecule has 0 bridgehead atoms. The van der Waals surface area contributed by atoms with Crippen molar-refractivity contribution in [2.45, 2.75) is 58.1 Å². The SMILES string of the molecule is [2H]C([2H])(c1cc(-c2[c-]cccc2)ncc1[Si](C)(C)C)C1CCCCC1.[Ir].[c-]1c(-c2nc3ccccc3n2-c2ccccc2)ccc2c1oc1ccccc12. The summed E-state index contributed by atoms with van der Waals surface area (Å²) >= 11 is 0. The molecule has 263 valence electrons. The van der Waals surface area contributed by atoms with E-state index in [0.29, 0.717) is 0 Å². The first kappa shape index (κ1) is 33.2. The number of hydrogen-bond donors (Lipinski definition) is 0. The zero-order chi connectivity index (χ0) is 36.6. The minimum absolute atomic E-state index is 0. The third kappa shape index (κ3) is 7.47. The summed E-state index contributed by atoms with van der Waals surface area (Å²) in [6.45, 7) is 6.83. The molecule has 8 aromatic rings. The molecule has 0 atom stereocenters. The monoisotopic (exact) mass is 876 g/mol. The van der Waals surface area contributed by atoms with Gasteiger partial charge >= 0.3 is 0 Å². The summed E-state index contributed by atoms with van der Waals surface area (Å²) in [6, 6.07) is 47.2. The predicted molar refractivity (Wildman–Crippen MR) is 214 cm³/mol. The molecule has 1 radical (unpaired) electrons. The van der Waals surface area contributed by atoms with Crippen LogP contribution in [0.1, 0.15) is 40.4 Å². The van der Waals surface area contributed by atoms with Crippen LogP contribution in [0.2, 0.25) is 19.6 Å². The third-order valence-electron chi connectivity index (χ3n) is 9.78. The van der Waals surface area contributed by atoms with Gasteiger partial charge in [0.2, 0.25) is 0 Å². The maximum Gasteiger partial charge on any atom is 0.123 e. The largest absolute Gasteiger partial charge is 0.477 e. The van der Waals surface area contributed by atoms with Crippen LogP contribution in [0.5, 0.6) is 0 Å².